The van der Waals surface area contributed by atoms with Crippen LogP contribution in [0.25, 0.3) is 0 Å². The van der Waals surface area contributed by atoms with E-state index in [0.717, 1.165) is 5.69 Å². The van der Waals surface area contributed by atoms with Gasteiger partial charge in [0, 0.05) is 23.4 Å². The molecule has 0 aliphatic heterocycles. The van der Waals surface area contributed by atoms with Crippen molar-refractivity contribution in [3.05, 3.63) is 64.2 Å². The fourth-order valence-electron chi connectivity index (χ4n) is 1.62. The Morgan fingerprint density at radius 3 is 2.39 bits per heavy atom. The Morgan fingerprint density at radius 2 is 1.78 bits per heavy atom. The van der Waals surface area contributed by atoms with E-state index in [4.69, 9.17) is 11.8 Å². The SMILES string of the molecule is Cc1ccc(N(Cl)c2ccccc2)cc1[N+](=O)[O-]. The molecule has 18 heavy (non-hydrogen) atoms. The molecular weight excluding hydrogens is 252 g/mol. The third-order valence-corrected chi connectivity index (χ3v) is 2.99. The number of para-hydroxylation sites is 1. The maximum atomic E-state index is 10.9. The molecule has 92 valence electrons. The van der Waals surface area contributed by atoms with Crippen LogP contribution in [0.3, 0.4) is 0 Å². The molecule has 0 amide bonds. The zero-order valence-electron chi connectivity index (χ0n) is 9.71. The van der Waals surface area contributed by atoms with Crippen molar-refractivity contribution >= 4 is 28.8 Å². The van der Waals surface area contributed by atoms with Crippen molar-refractivity contribution in [2.75, 3.05) is 4.42 Å². The summed E-state index contributed by atoms with van der Waals surface area (Å²) in [5, 5.41) is 10.9. The number of rotatable bonds is 3. The second-order valence-electron chi connectivity index (χ2n) is 3.84. The maximum absolute atomic E-state index is 10.9. The summed E-state index contributed by atoms with van der Waals surface area (Å²) in [6.45, 7) is 1.70. The molecule has 0 saturated carbocycles. The first-order valence-corrected chi connectivity index (χ1v) is 5.69. The molecule has 2 aromatic rings. The third-order valence-electron chi connectivity index (χ3n) is 2.60. The second-order valence-corrected chi connectivity index (χ2v) is 4.18. The van der Waals surface area contributed by atoms with Gasteiger partial charge in [-0.05, 0) is 25.1 Å². The summed E-state index contributed by atoms with van der Waals surface area (Å²) in [5.74, 6) is 0. The minimum Gasteiger partial charge on any atom is -0.258 e. The number of hydrogen-bond donors (Lipinski definition) is 0. The van der Waals surface area contributed by atoms with Gasteiger partial charge < -0.3 is 0 Å². The van der Waals surface area contributed by atoms with Crippen LogP contribution in [0.1, 0.15) is 5.56 Å². The number of anilines is 2. The van der Waals surface area contributed by atoms with Gasteiger partial charge >= 0.3 is 0 Å². The van der Waals surface area contributed by atoms with E-state index in [-0.39, 0.29) is 5.69 Å². The average molecular weight is 263 g/mol. The molecule has 0 fully saturated rings. The van der Waals surface area contributed by atoms with Gasteiger partial charge in [-0.1, -0.05) is 24.3 Å². The first-order valence-electron chi connectivity index (χ1n) is 5.35. The number of nitrogens with zero attached hydrogens (tertiary/aromatic N) is 2. The summed E-state index contributed by atoms with van der Waals surface area (Å²) in [6, 6.07) is 14.2. The van der Waals surface area contributed by atoms with Crippen molar-refractivity contribution in [1.82, 2.24) is 0 Å². The highest BCUT2D eigenvalue weighted by atomic mass is 35.5. The van der Waals surface area contributed by atoms with E-state index in [1.165, 1.54) is 10.5 Å². The van der Waals surface area contributed by atoms with Crippen molar-refractivity contribution in [2.24, 2.45) is 0 Å². The minimum absolute atomic E-state index is 0.0640. The largest absolute Gasteiger partial charge is 0.274 e. The van der Waals surface area contributed by atoms with Gasteiger partial charge in [-0.3, -0.25) is 14.5 Å². The summed E-state index contributed by atoms with van der Waals surface area (Å²) in [5.41, 5.74) is 2.01. The Labute approximate surface area is 110 Å². The first-order chi connectivity index (χ1) is 8.59. The first kappa shape index (κ1) is 12.4. The number of halogens is 1. The van der Waals surface area contributed by atoms with Crippen LogP contribution in [0.2, 0.25) is 0 Å². The summed E-state index contributed by atoms with van der Waals surface area (Å²) in [7, 11) is 0. The summed E-state index contributed by atoms with van der Waals surface area (Å²) >= 11 is 6.17. The van der Waals surface area contributed by atoms with E-state index in [2.05, 4.69) is 0 Å². The number of hydrogen-bond acceptors (Lipinski definition) is 3. The molecule has 0 saturated heterocycles. The van der Waals surface area contributed by atoms with E-state index >= 15 is 0 Å². The van der Waals surface area contributed by atoms with Crippen molar-refractivity contribution < 1.29 is 4.92 Å². The molecule has 5 heteroatoms. The molecule has 0 aliphatic carbocycles. The maximum Gasteiger partial charge on any atom is 0.274 e. The Bertz CT molecular complexity index is 572. The van der Waals surface area contributed by atoms with Crippen molar-refractivity contribution in [1.29, 1.82) is 0 Å². The molecule has 0 heterocycles. The van der Waals surface area contributed by atoms with Gasteiger partial charge in [0.05, 0.1) is 16.3 Å². The van der Waals surface area contributed by atoms with Crippen molar-refractivity contribution in [3.8, 4) is 0 Å². The standard InChI is InChI=1S/C13H11ClN2O2/c1-10-7-8-12(9-13(10)16(17)18)15(14)11-5-3-2-4-6-11/h2-9H,1H3. The van der Waals surface area contributed by atoms with Crippen LogP contribution in [-0.2, 0) is 0 Å². The molecule has 0 N–H and O–H groups in total. The molecule has 2 aromatic carbocycles. The van der Waals surface area contributed by atoms with E-state index in [1.807, 2.05) is 30.3 Å². The normalized spacial score (nSPS) is 10.1. The minimum atomic E-state index is -0.408. The van der Waals surface area contributed by atoms with Crippen molar-refractivity contribution in [3.63, 3.8) is 0 Å². The number of benzene rings is 2. The number of nitro groups is 1. The quantitative estimate of drug-likeness (QED) is 0.473. The molecule has 4 nitrogen and oxygen atoms in total. The van der Waals surface area contributed by atoms with Gasteiger partial charge in [0.15, 0.2) is 0 Å². The fraction of sp³-hybridized carbons (Fsp3) is 0.0769. The lowest BCUT2D eigenvalue weighted by Crippen LogP contribution is -2.02. The second kappa shape index (κ2) is 5.06. The topological polar surface area (TPSA) is 46.4 Å². The van der Waals surface area contributed by atoms with Crippen molar-refractivity contribution in [2.45, 2.75) is 6.92 Å². The van der Waals surface area contributed by atoms with Gasteiger partial charge in [-0.15, -0.1) is 0 Å². The highest BCUT2D eigenvalue weighted by Gasteiger charge is 2.14. The van der Waals surface area contributed by atoms with E-state index in [9.17, 15) is 10.1 Å². The molecule has 0 spiro atoms. The third kappa shape index (κ3) is 2.43. The summed E-state index contributed by atoms with van der Waals surface area (Å²) in [4.78, 5) is 10.5. The predicted molar refractivity (Wildman–Crippen MR) is 72.3 cm³/mol. The molecular formula is C13H11ClN2O2. The zero-order valence-corrected chi connectivity index (χ0v) is 10.5. The van der Waals surface area contributed by atoms with E-state index < -0.39 is 4.92 Å². The molecule has 0 atom stereocenters. The zero-order chi connectivity index (χ0) is 13.1. The average Bonchev–Trinajstić information content (AvgIpc) is 2.39. The van der Waals surface area contributed by atoms with Crippen LogP contribution >= 0.6 is 11.8 Å². The Morgan fingerprint density at radius 1 is 1.11 bits per heavy atom. The van der Waals surface area contributed by atoms with Crippen LogP contribution in [-0.4, -0.2) is 4.92 Å². The van der Waals surface area contributed by atoms with E-state index in [0.29, 0.717) is 11.3 Å². The molecule has 0 unspecified atom stereocenters. The predicted octanol–water partition coefficient (Wildman–Crippen LogP) is 4.20. The highest BCUT2D eigenvalue weighted by Crippen LogP contribution is 2.31. The fourth-order valence-corrected chi connectivity index (χ4v) is 1.84. The van der Waals surface area contributed by atoms with E-state index in [1.54, 1.807) is 19.1 Å². The smallest absolute Gasteiger partial charge is 0.258 e. The lowest BCUT2D eigenvalue weighted by Gasteiger charge is -2.15. The molecule has 0 bridgehead atoms. The lowest BCUT2D eigenvalue weighted by molar-refractivity contribution is -0.385. The molecule has 0 radical (unpaired) electrons. The summed E-state index contributed by atoms with van der Waals surface area (Å²) in [6.07, 6.45) is 0. The van der Waals surface area contributed by atoms with Gasteiger partial charge in [-0.2, -0.15) is 0 Å². The van der Waals surface area contributed by atoms with Gasteiger partial charge in [-0.25, -0.2) is 0 Å². The Hall–Kier alpha value is -2.07. The highest BCUT2D eigenvalue weighted by molar-refractivity contribution is 6.29. The van der Waals surface area contributed by atoms with Gasteiger partial charge in [0.1, 0.15) is 0 Å². The lowest BCUT2D eigenvalue weighted by atomic mass is 10.2. The van der Waals surface area contributed by atoms with Crippen LogP contribution in [0.4, 0.5) is 17.1 Å². The molecule has 0 aliphatic rings. The van der Waals surface area contributed by atoms with Gasteiger partial charge in [0.25, 0.3) is 5.69 Å². The van der Waals surface area contributed by atoms with Crippen LogP contribution in [0.5, 0.6) is 0 Å². The summed E-state index contributed by atoms with van der Waals surface area (Å²) < 4.78 is 1.40. The molecule has 2 rings (SSSR count). The van der Waals surface area contributed by atoms with Gasteiger partial charge in [0.2, 0.25) is 0 Å². The van der Waals surface area contributed by atoms with Crippen LogP contribution in [0, 0.1) is 17.0 Å². The van der Waals surface area contributed by atoms with Crippen LogP contribution in [0.15, 0.2) is 48.5 Å². The van der Waals surface area contributed by atoms with Crippen LogP contribution < -0.4 is 4.42 Å². The number of aryl methyl sites for hydroxylation is 1. The Balaban J connectivity index is 2.40. The Kier molecular flexibility index (Phi) is 3.48. The monoisotopic (exact) mass is 262 g/mol. The molecule has 0 aromatic heterocycles. The number of nitro benzene ring substituents is 1.